The summed E-state index contributed by atoms with van der Waals surface area (Å²) in [6, 6.07) is 15.0. The highest BCUT2D eigenvalue weighted by atomic mass is 79.9. The first-order chi connectivity index (χ1) is 15.9. The van der Waals surface area contributed by atoms with Crippen molar-refractivity contribution >= 4 is 55.1 Å². The first kappa shape index (κ1) is 25.9. The fraction of sp³-hybridized carbons (Fsp3) is 0.333. The lowest BCUT2D eigenvalue weighted by Crippen LogP contribution is -2.37. The molecule has 4 rings (SSSR count). The second-order valence-electron chi connectivity index (χ2n) is 8.02. The highest BCUT2D eigenvalue weighted by Gasteiger charge is 2.45. The first-order valence-corrected chi connectivity index (χ1v) is 11.9. The van der Waals surface area contributed by atoms with Gasteiger partial charge in [-0.2, -0.15) is 10.2 Å². The predicted molar refractivity (Wildman–Crippen MR) is 139 cm³/mol. The summed E-state index contributed by atoms with van der Waals surface area (Å²) in [5, 5.41) is 11.2. The molecule has 0 N–H and O–H groups in total. The van der Waals surface area contributed by atoms with Crippen molar-refractivity contribution in [2.45, 2.75) is 22.5 Å². The highest BCUT2D eigenvalue weighted by molar-refractivity contribution is 9.10. The number of nitrogens with zero attached hydrogens (tertiary/aromatic N) is 4. The topological polar surface area (TPSA) is 83.8 Å². The Morgan fingerprint density at radius 3 is 1.35 bits per heavy atom. The van der Waals surface area contributed by atoms with Crippen LogP contribution in [0.25, 0.3) is 0 Å². The molecule has 2 heterocycles. The maximum Gasteiger partial charge on any atom is 0.265 e. The average molecular weight is 594 g/mol. The molecule has 2 aromatic rings. The van der Waals surface area contributed by atoms with Gasteiger partial charge in [-0.15, -0.1) is 0 Å². The van der Waals surface area contributed by atoms with E-state index in [0.717, 1.165) is 22.6 Å². The summed E-state index contributed by atoms with van der Waals surface area (Å²) in [5.74, 6) is 1.34. The van der Waals surface area contributed by atoms with Gasteiger partial charge in [0.1, 0.15) is 20.1 Å². The van der Waals surface area contributed by atoms with Crippen molar-refractivity contribution < 1.29 is 19.1 Å². The van der Waals surface area contributed by atoms with Crippen molar-refractivity contribution in [3.05, 3.63) is 59.7 Å². The summed E-state index contributed by atoms with van der Waals surface area (Å²) in [4.78, 5) is 23.8. The Morgan fingerprint density at radius 2 is 1.09 bits per heavy atom. The van der Waals surface area contributed by atoms with E-state index in [4.69, 9.17) is 9.47 Å². The summed E-state index contributed by atoms with van der Waals surface area (Å²) in [6.45, 7) is 3.61. The third-order valence-electron chi connectivity index (χ3n) is 5.47. The van der Waals surface area contributed by atoms with E-state index in [0.29, 0.717) is 11.4 Å². The highest BCUT2D eigenvalue weighted by Crippen LogP contribution is 2.33. The SMILES string of the molecule is COc1cccc(C2=NN(C)C(=O)C2(C)Br)c1.COc1cccc(C2=NN(C)C(=O)C2(C)Br)c1. The van der Waals surface area contributed by atoms with E-state index in [1.54, 1.807) is 42.2 Å². The van der Waals surface area contributed by atoms with Crippen LogP contribution in [0.2, 0.25) is 0 Å². The molecule has 0 aliphatic carbocycles. The normalized spacial score (nSPS) is 23.9. The average Bonchev–Trinajstić information content (AvgIpc) is 3.17. The van der Waals surface area contributed by atoms with E-state index in [-0.39, 0.29) is 11.8 Å². The standard InChI is InChI=1S/2C12H13BrN2O2/c2*1-12(13)10(14-15(2)11(12)16)8-5-4-6-9(7-8)17-3/h2*4-7H,1-3H3. The summed E-state index contributed by atoms with van der Waals surface area (Å²) < 4.78 is 8.80. The lowest BCUT2D eigenvalue weighted by molar-refractivity contribution is -0.129. The number of amides is 2. The van der Waals surface area contributed by atoms with Gasteiger partial charge in [-0.25, -0.2) is 10.0 Å². The number of halogens is 2. The zero-order valence-corrected chi connectivity index (χ0v) is 23.0. The molecule has 0 fully saturated rings. The smallest absolute Gasteiger partial charge is 0.265 e. The predicted octanol–water partition coefficient (Wildman–Crippen LogP) is 4.05. The number of benzene rings is 2. The Balaban J connectivity index is 0.000000191. The Kier molecular flexibility index (Phi) is 7.52. The number of hydrazone groups is 2. The van der Waals surface area contributed by atoms with Gasteiger partial charge in [0.25, 0.3) is 11.8 Å². The number of carbonyl (C=O) groups excluding carboxylic acids is 2. The Morgan fingerprint density at radius 1 is 0.735 bits per heavy atom. The minimum atomic E-state index is -0.770. The molecule has 0 saturated carbocycles. The van der Waals surface area contributed by atoms with Gasteiger partial charge in [-0.3, -0.25) is 9.59 Å². The zero-order chi connectivity index (χ0) is 25.3. The second kappa shape index (κ2) is 9.87. The van der Waals surface area contributed by atoms with Crippen LogP contribution >= 0.6 is 31.9 Å². The van der Waals surface area contributed by atoms with E-state index < -0.39 is 8.65 Å². The summed E-state index contributed by atoms with van der Waals surface area (Å²) in [5.41, 5.74) is 3.15. The molecule has 2 aliphatic rings. The van der Waals surface area contributed by atoms with Crippen molar-refractivity contribution in [3.63, 3.8) is 0 Å². The first-order valence-electron chi connectivity index (χ1n) is 10.3. The molecular formula is C24H26Br2N4O4. The van der Waals surface area contributed by atoms with Crippen molar-refractivity contribution in [2.24, 2.45) is 10.2 Å². The van der Waals surface area contributed by atoms with Crippen LogP contribution in [0.15, 0.2) is 58.7 Å². The molecule has 0 spiro atoms. The van der Waals surface area contributed by atoms with Crippen molar-refractivity contribution in [1.82, 2.24) is 10.0 Å². The lowest BCUT2D eigenvalue weighted by Gasteiger charge is -2.16. The third kappa shape index (κ3) is 4.88. The van der Waals surface area contributed by atoms with Gasteiger partial charge in [0.05, 0.1) is 25.6 Å². The molecule has 0 bridgehead atoms. The number of rotatable bonds is 4. The minimum absolute atomic E-state index is 0.0738. The maximum absolute atomic E-state index is 11.9. The van der Waals surface area contributed by atoms with Crippen molar-refractivity contribution in [2.75, 3.05) is 28.3 Å². The molecule has 180 valence electrons. The Hall–Kier alpha value is -2.72. The van der Waals surface area contributed by atoms with Crippen LogP contribution in [0.5, 0.6) is 11.5 Å². The third-order valence-corrected chi connectivity index (χ3v) is 6.90. The molecule has 0 aromatic heterocycles. The molecule has 2 aromatic carbocycles. The monoisotopic (exact) mass is 592 g/mol. The Labute approximate surface area is 215 Å². The van der Waals surface area contributed by atoms with Gasteiger partial charge < -0.3 is 9.47 Å². The molecule has 2 unspecified atom stereocenters. The van der Waals surface area contributed by atoms with Crippen LogP contribution in [0.4, 0.5) is 0 Å². The van der Waals surface area contributed by atoms with Gasteiger partial charge in [0, 0.05) is 25.2 Å². The maximum atomic E-state index is 11.9. The van der Waals surface area contributed by atoms with Gasteiger partial charge >= 0.3 is 0 Å². The van der Waals surface area contributed by atoms with E-state index in [9.17, 15) is 9.59 Å². The van der Waals surface area contributed by atoms with Crippen LogP contribution in [-0.4, -0.2) is 70.2 Å². The van der Waals surface area contributed by atoms with Gasteiger partial charge in [-0.05, 0) is 38.1 Å². The molecule has 0 radical (unpaired) electrons. The molecule has 2 aliphatic heterocycles. The fourth-order valence-electron chi connectivity index (χ4n) is 3.59. The van der Waals surface area contributed by atoms with Gasteiger partial charge in [-0.1, -0.05) is 56.1 Å². The van der Waals surface area contributed by atoms with Crippen molar-refractivity contribution in [1.29, 1.82) is 0 Å². The van der Waals surface area contributed by atoms with Crippen LogP contribution in [0.3, 0.4) is 0 Å². The molecule has 2 atom stereocenters. The van der Waals surface area contributed by atoms with Crippen molar-refractivity contribution in [3.8, 4) is 11.5 Å². The lowest BCUT2D eigenvalue weighted by atomic mass is 9.98. The number of methoxy groups -OCH3 is 2. The van der Waals surface area contributed by atoms with E-state index in [2.05, 4.69) is 42.1 Å². The molecule has 0 saturated heterocycles. The quantitative estimate of drug-likeness (QED) is 0.501. The summed E-state index contributed by atoms with van der Waals surface area (Å²) in [6.07, 6.45) is 0. The number of hydrogen-bond donors (Lipinski definition) is 0. The van der Waals surface area contributed by atoms with Gasteiger partial charge in [0.2, 0.25) is 0 Å². The van der Waals surface area contributed by atoms with E-state index in [1.807, 2.05) is 48.5 Å². The van der Waals surface area contributed by atoms with Crippen LogP contribution in [0, 0.1) is 0 Å². The van der Waals surface area contributed by atoms with E-state index in [1.165, 1.54) is 10.0 Å². The van der Waals surface area contributed by atoms with Crippen LogP contribution in [-0.2, 0) is 9.59 Å². The number of hydrogen-bond acceptors (Lipinski definition) is 6. The fourth-order valence-corrected chi connectivity index (χ4v) is 4.72. The summed E-state index contributed by atoms with van der Waals surface area (Å²) >= 11 is 6.87. The summed E-state index contributed by atoms with van der Waals surface area (Å²) in [7, 11) is 6.52. The van der Waals surface area contributed by atoms with E-state index >= 15 is 0 Å². The molecule has 8 nitrogen and oxygen atoms in total. The molecule has 2 amide bonds. The van der Waals surface area contributed by atoms with Crippen LogP contribution < -0.4 is 9.47 Å². The largest absolute Gasteiger partial charge is 0.497 e. The molecular weight excluding hydrogens is 568 g/mol. The van der Waals surface area contributed by atoms with Gasteiger partial charge in [0.15, 0.2) is 0 Å². The number of carbonyl (C=O) groups is 2. The minimum Gasteiger partial charge on any atom is -0.497 e. The Bertz CT molecular complexity index is 1090. The second-order valence-corrected chi connectivity index (χ2v) is 11.2. The molecule has 34 heavy (non-hydrogen) atoms. The molecule has 10 heteroatoms. The number of ether oxygens (including phenoxy) is 2. The van der Waals surface area contributed by atoms with Crippen LogP contribution in [0.1, 0.15) is 25.0 Å². The number of alkyl halides is 2. The zero-order valence-electron chi connectivity index (χ0n) is 19.8.